The lowest BCUT2D eigenvalue weighted by Crippen LogP contribution is -2.22. The summed E-state index contributed by atoms with van der Waals surface area (Å²) in [7, 11) is 0.723. The van der Waals surface area contributed by atoms with Crippen LogP contribution in [-0.2, 0) is 10.3 Å². The van der Waals surface area contributed by atoms with Crippen LogP contribution in [0.1, 0.15) is 0 Å². The fourth-order valence-electron chi connectivity index (χ4n) is 0.708. The predicted molar refractivity (Wildman–Crippen MR) is 44.8 cm³/mol. The van der Waals surface area contributed by atoms with E-state index in [0.29, 0.717) is 4.31 Å². The Morgan fingerprint density at radius 3 is 2.17 bits per heavy atom. The van der Waals surface area contributed by atoms with Gasteiger partial charge in [-0.25, -0.2) is 4.31 Å². The first-order chi connectivity index (χ1) is 5.52. The highest BCUT2D eigenvalue weighted by Gasteiger charge is 2.13. The number of nitrogens with zero attached hydrogens (tertiary/aromatic N) is 1. The molecule has 0 saturated carbocycles. The van der Waals surface area contributed by atoms with Gasteiger partial charge in [-0.1, -0.05) is 18.2 Å². The topological polar surface area (TPSA) is 57.6 Å². The van der Waals surface area contributed by atoms with Gasteiger partial charge in [-0.15, -0.1) is 0 Å². The number of para-hydroxylation sites is 1. The fourth-order valence-corrected chi connectivity index (χ4v) is 1.10. The van der Waals surface area contributed by atoms with E-state index in [1.807, 2.05) is 0 Å². The van der Waals surface area contributed by atoms with Crippen molar-refractivity contribution in [2.24, 2.45) is 0 Å². The van der Waals surface area contributed by atoms with Gasteiger partial charge in [-0.2, -0.15) is 8.42 Å². The van der Waals surface area contributed by atoms with E-state index in [9.17, 15) is 8.42 Å². The van der Waals surface area contributed by atoms with E-state index in [1.165, 1.54) is 12.1 Å². The minimum absolute atomic E-state index is 0.208. The Labute approximate surface area is 71.3 Å². The molecule has 1 aromatic carbocycles. The second kappa shape index (κ2) is 3.12. The van der Waals surface area contributed by atoms with Crippen molar-refractivity contribution in [3.63, 3.8) is 0 Å². The van der Waals surface area contributed by atoms with Crippen LogP contribution >= 0.6 is 0 Å². The van der Waals surface area contributed by atoms with Gasteiger partial charge in [-0.05, 0) is 12.1 Å². The normalized spacial score (nSPS) is 11.2. The summed E-state index contributed by atoms with van der Waals surface area (Å²) >= 11 is 0. The minimum Gasteiger partial charge on any atom is -0.269 e. The van der Waals surface area contributed by atoms with Gasteiger partial charge in [0, 0.05) is 0 Å². The fraction of sp³-hybridized carbons (Fsp3) is 0. The maximum absolute atomic E-state index is 10.5. The van der Waals surface area contributed by atoms with Crippen molar-refractivity contribution in [2.45, 2.75) is 0 Å². The van der Waals surface area contributed by atoms with E-state index in [2.05, 4.69) is 0 Å². The van der Waals surface area contributed by atoms with Crippen molar-refractivity contribution in [1.29, 1.82) is 0 Å². The van der Waals surface area contributed by atoms with Gasteiger partial charge in [0.05, 0.1) is 12.7 Å². The standard InChI is InChI=1S/C7H7NO3S/c1-8(12(9,10)11)7-5-3-2-4-6-7/h1-6H,(H,9,10,11). The summed E-state index contributed by atoms with van der Waals surface area (Å²) in [5.74, 6) is 0. The van der Waals surface area contributed by atoms with Crippen molar-refractivity contribution in [3.05, 3.63) is 37.4 Å². The van der Waals surface area contributed by atoms with Crippen LogP contribution in [0.2, 0.25) is 0 Å². The zero-order valence-corrected chi connectivity index (χ0v) is 6.90. The second-order valence-electron chi connectivity index (χ2n) is 2.11. The van der Waals surface area contributed by atoms with Crippen LogP contribution < -0.4 is 4.31 Å². The molecule has 0 amide bonds. The molecule has 0 aliphatic carbocycles. The summed E-state index contributed by atoms with van der Waals surface area (Å²) in [6.45, 7) is 0. The molecular formula is C7H7NO3S. The number of hydrogen-bond acceptors (Lipinski definition) is 2. The Hall–Kier alpha value is -1.07. The number of anilines is 1. The molecule has 4 nitrogen and oxygen atoms in total. The first-order valence-electron chi connectivity index (χ1n) is 3.09. The third-order valence-electron chi connectivity index (χ3n) is 1.26. The monoisotopic (exact) mass is 185 g/mol. The number of benzene rings is 1. The lowest BCUT2D eigenvalue weighted by Gasteiger charge is -2.12. The van der Waals surface area contributed by atoms with E-state index >= 15 is 0 Å². The first-order valence-corrected chi connectivity index (χ1v) is 4.49. The third-order valence-corrected chi connectivity index (χ3v) is 1.97. The maximum Gasteiger partial charge on any atom is 0.360 e. The summed E-state index contributed by atoms with van der Waals surface area (Å²) in [4.78, 5) is 0. The molecule has 0 saturated heterocycles. The highest BCUT2D eigenvalue weighted by molar-refractivity contribution is 7.87. The molecule has 12 heavy (non-hydrogen) atoms. The van der Waals surface area contributed by atoms with Crippen LogP contribution in [0.5, 0.6) is 0 Å². The molecule has 0 heterocycles. The summed E-state index contributed by atoms with van der Waals surface area (Å²) in [5, 5.41) is 0. The summed E-state index contributed by atoms with van der Waals surface area (Å²) in [5.41, 5.74) is 0.208. The minimum atomic E-state index is -4.34. The first kappa shape index (κ1) is 9.02. The molecule has 0 aliphatic heterocycles. The van der Waals surface area contributed by atoms with Crippen LogP contribution in [0.3, 0.4) is 0 Å². The Kier molecular flexibility index (Phi) is 2.35. The number of rotatable bonds is 2. The summed E-state index contributed by atoms with van der Waals surface area (Å²) < 4.78 is 29.8. The molecular weight excluding hydrogens is 178 g/mol. The van der Waals surface area contributed by atoms with Gasteiger partial charge in [0.15, 0.2) is 0 Å². The van der Waals surface area contributed by atoms with Gasteiger partial charge < -0.3 is 0 Å². The second-order valence-corrected chi connectivity index (χ2v) is 3.40. The van der Waals surface area contributed by atoms with E-state index in [4.69, 9.17) is 11.6 Å². The van der Waals surface area contributed by atoms with Crippen LogP contribution in [0.4, 0.5) is 5.69 Å². The number of hydrogen-bond donors (Lipinski definition) is 1. The molecule has 0 atom stereocenters. The van der Waals surface area contributed by atoms with Crippen molar-refractivity contribution >= 4 is 16.0 Å². The summed E-state index contributed by atoms with van der Waals surface area (Å²) in [6.07, 6.45) is 0. The van der Waals surface area contributed by atoms with Gasteiger partial charge >= 0.3 is 10.3 Å². The van der Waals surface area contributed by atoms with E-state index in [0.717, 1.165) is 0 Å². The molecule has 1 rings (SSSR count). The SMILES string of the molecule is [CH]N(c1ccccc1)S(=O)(=O)O. The van der Waals surface area contributed by atoms with Crippen molar-refractivity contribution in [2.75, 3.05) is 4.31 Å². The third kappa shape index (κ3) is 1.96. The van der Waals surface area contributed by atoms with Crippen LogP contribution in [0, 0.1) is 7.05 Å². The highest BCUT2D eigenvalue weighted by Crippen LogP contribution is 2.14. The quantitative estimate of drug-likeness (QED) is 0.551. The average molecular weight is 185 g/mol. The van der Waals surface area contributed by atoms with Crippen molar-refractivity contribution < 1.29 is 13.0 Å². The maximum atomic E-state index is 10.5. The molecule has 0 fully saturated rings. The predicted octanol–water partition coefficient (Wildman–Crippen LogP) is 0.964. The lowest BCUT2D eigenvalue weighted by molar-refractivity contribution is 0.482. The van der Waals surface area contributed by atoms with Gasteiger partial charge in [0.25, 0.3) is 0 Å². The Bertz CT molecular complexity index is 346. The zero-order chi connectivity index (χ0) is 9.19. The molecule has 64 valence electrons. The van der Waals surface area contributed by atoms with Crippen molar-refractivity contribution in [1.82, 2.24) is 0 Å². The Morgan fingerprint density at radius 2 is 1.75 bits per heavy atom. The molecule has 0 aromatic heterocycles. The van der Waals surface area contributed by atoms with Crippen LogP contribution in [0.25, 0.3) is 0 Å². The smallest absolute Gasteiger partial charge is 0.269 e. The van der Waals surface area contributed by atoms with E-state index < -0.39 is 10.3 Å². The lowest BCUT2D eigenvalue weighted by atomic mass is 10.3. The molecule has 0 aliphatic rings. The van der Waals surface area contributed by atoms with Gasteiger partial charge in [0.1, 0.15) is 0 Å². The van der Waals surface area contributed by atoms with Crippen molar-refractivity contribution in [3.8, 4) is 0 Å². The molecule has 1 aromatic rings. The Balaban J connectivity index is 3.02. The molecule has 0 bridgehead atoms. The summed E-state index contributed by atoms with van der Waals surface area (Å²) in [6, 6.07) is 7.86. The largest absolute Gasteiger partial charge is 0.360 e. The highest BCUT2D eigenvalue weighted by atomic mass is 32.2. The van der Waals surface area contributed by atoms with Crippen LogP contribution in [-0.4, -0.2) is 13.0 Å². The molecule has 1 N–H and O–H groups in total. The van der Waals surface area contributed by atoms with Gasteiger partial charge in [-0.3, -0.25) is 4.55 Å². The molecule has 0 spiro atoms. The Morgan fingerprint density at radius 1 is 1.25 bits per heavy atom. The average Bonchev–Trinajstić information content (AvgIpc) is 2.03. The molecule has 2 radical (unpaired) electrons. The molecule has 5 heteroatoms. The van der Waals surface area contributed by atoms with Gasteiger partial charge in [0.2, 0.25) is 0 Å². The zero-order valence-electron chi connectivity index (χ0n) is 6.08. The molecule has 0 unspecified atom stereocenters. The van der Waals surface area contributed by atoms with E-state index in [1.54, 1.807) is 18.2 Å². The van der Waals surface area contributed by atoms with Crippen LogP contribution in [0.15, 0.2) is 30.3 Å². The van der Waals surface area contributed by atoms with E-state index in [-0.39, 0.29) is 5.69 Å².